The van der Waals surface area contributed by atoms with Gasteiger partial charge in [-0.25, -0.2) is 0 Å². The van der Waals surface area contributed by atoms with Crippen LogP contribution in [0, 0.1) is 5.92 Å². The average Bonchev–Trinajstić information content (AvgIpc) is 2.74. The third-order valence-electron chi connectivity index (χ3n) is 2.82. The molecule has 0 aromatic heterocycles. The monoisotopic (exact) mass is 215 g/mol. The van der Waals surface area contributed by atoms with Gasteiger partial charge in [-0.05, 0) is 32.7 Å². The fourth-order valence-corrected chi connectivity index (χ4v) is 1.72. The molecule has 3 heteroatoms. The van der Waals surface area contributed by atoms with E-state index in [1.807, 2.05) is 0 Å². The number of hydrogen-bond acceptors (Lipinski definition) is 3. The molecule has 1 heterocycles. The zero-order valence-electron chi connectivity index (χ0n) is 10.1. The fourth-order valence-electron chi connectivity index (χ4n) is 1.72. The third-order valence-corrected chi connectivity index (χ3v) is 2.82. The highest BCUT2D eigenvalue weighted by Gasteiger charge is 2.15. The van der Waals surface area contributed by atoms with Crippen molar-refractivity contribution in [3.05, 3.63) is 0 Å². The minimum absolute atomic E-state index is 0.574. The summed E-state index contributed by atoms with van der Waals surface area (Å²) in [7, 11) is 0. The topological polar surface area (TPSA) is 30.5 Å². The van der Waals surface area contributed by atoms with Crippen molar-refractivity contribution in [2.45, 2.75) is 39.2 Å². The van der Waals surface area contributed by atoms with Crippen LogP contribution in [0.15, 0.2) is 0 Å². The molecule has 0 saturated carbocycles. The minimum atomic E-state index is 0.574. The molecule has 0 aliphatic carbocycles. The maximum Gasteiger partial charge on any atom is 0.0517 e. The van der Waals surface area contributed by atoms with Gasteiger partial charge in [-0.1, -0.05) is 6.92 Å². The van der Waals surface area contributed by atoms with Gasteiger partial charge in [-0.2, -0.15) is 0 Å². The molecule has 2 atom stereocenters. The lowest BCUT2D eigenvalue weighted by molar-refractivity contribution is 0.0844. The Morgan fingerprint density at radius 3 is 3.07 bits per heavy atom. The van der Waals surface area contributed by atoms with Crippen LogP contribution >= 0.6 is 0 Å². The van der Waals surface area contributed by atoms with Crippen LogP contribution in [-0.4, -0.2) is 39.0 Å². The largest absolute Gasteiger partial charge is 0.381 e. The third kappa shape index (κ3) is 6.13. The summed E-state index contributed by atoms with van der Waals surface area (Å²) in [5.41, 5.74) is 0. The van der Waals surface area contributed by atoms with E-state index in [0.29, 0.717) is 12.0 Å². The Balaban J connectivity index is 1.87. The van der Waals surface area contributed by atoms with E-state index in [4.69, 9.17) is 9.47 Å². The van der Waals surface area contributed by atoms with Crippen LogP contribution in [0.1, 0.15) is 33.1 Å². The van der Waals surface area contributed by atoms with E-state index in [9.17, 15) is 0 Å². The van der Waals surface area contributed by atoms with E-state index in [1.165, 1.54) is 12.8 Å². The molecule has 1 saturated heterocycles. The summed E-state index contributed by atoms with van der Waals surface area (Å²) in [6.07, 6.45) is 3.47. The van der Waals surface area contributed by atoms with Gasteiger partial charge in [0.2, 0.25) is 0 Å². The molecule has 15 heavy (non-hydrogen) atoms. The van der Waals surface area contributed by atoms with E-state index in [-0.39, 0.29) is 0 Å². The lowest BCUT2D eigenvalue weighted by atomic mass is 10.1. The minimum Gasteiger partial charge on any atom is -0.381 e. The summed E-state index contributed by atoms with van der Waals surface area (Å²) in [6.45, 7) is 9.08. The van der Waals surface area contributed by atoms with Crippen molar-refractivity contribution in [1.82, 2.24) is 5.32 Å². The molecule has 0 bridgehead atoms. The van der Waals surface area contributed by atoms with Crippen molar-refractivity contribution >= 4 is 0 Å². The van der Waals surface area contributed by atoms with Crippen LogP contribution in [0.2, 0.25) is 0 Å². The molecule has 1 fully saturated rings. The van der Waals surface area contributed by atoms with Crippen LogP contribution in [-0.2, 0) is 9.47 Å². The zero-order valence-corrected chi connectivity index (χ0v) is 10.1. The SMILES string of the molecule is CCCNC(C)CCOCC1CCOC1. The summed E-state index contributed by atoms with van der Waals surface area (Å²) in [6, 6.07) is 0.574. The van der Waals surface area contributed by atoms with E-state index in [1.54, 1.807) is 0 Å². The van der Waals surface area contributed by atoms with Crippen molar-refractivity contribution < 1.29 is 9.47 Å². The molecular formula is C12H25NO2. The number of nitrogens with one attached hydrogen (secondary N) is 1. The molecule has 0 amide bonds. The summed E-state index contributed by atoms with van der Waals surface area (Å²) in [5, 5.41) is 3.46. The molecule has 90 valence electrons. The van der Waals surface area contributed by atoms with Gasteiger partial charge in [0.05, 0.1) is 13.2 Å². The van der Waals surface area contributed by atoms with Gasteiger partial charge in [-0.15, -0.1) is 0 Å². The second-order valence-electron chi connectivity index (χ2n) is 4.45. The van der Waals surface area contributed by atoms with Gasteiger partial charge >= 0.3 is 0 Å². The van der Waals surface area contributed by atoms with E-state index >= 15 is 0 Å². The Labute approximate surface area is 93.5 Å². The van der Waals surface area contributed by atoms with Crippen molar-refractivity contribution in [3.8, 4) is 0 Å². The van der Waals surface area contributed by atoms with Crippen molar-refractivity contribution in [2.75, 3.05) is 33.0 Å². The van der Waals surface area contributed by atoms with Crippen molar-refractivity contribution in [1.29, 1.82) is 0 Å². The number of hydrogen-bond donors (Lipinski definition) is 1. The normalized spacial score (nSPS) is 23.2. The first-order valence-electron chi connectivity index (χ1n) is 6.21. The first kappa shape index (κ1) is 12.9. The first-order chi connectivity index (χ1) is 7.33. The van der Waals surface area contributed by atoms with Crippen LogP contribution < -0.4 is 5.32 Å². The van der Waals surface area contributed by atoms with Crippen LogP contribution in [0.5, 0.6) is 0 Å². The lowest BCUT2D eigenvalue weighted by Gasteiger charge is -2.14. The second kappa shape index (κ2) is 8.08. The predicted molar refractivity (Wildman–Crippen MR) is 62.1 cm³/mol. The van der Waals surface area contributed by atoms with E-state index < -0.39 is 0 Å². The van der Waals surface area contributed by atoms with Gasteiger partial charge in [0.25, 0.3) is 0 Å². The summed E-state index contributed by atoms with van der Waals surface area (Å²) in [4.78, 5) is 0. The maximum atomic E-state index is 5.65. The summed E-state index contributed by atoms with van der Waals surface area (Å²) in [5.74, 6) is 0.643. The molecule has 0 spiro atoms. The predicted octanol–water partition coefficient (Wildman–Crippen LogP) is 1.82. The molecule has 1 rings (SSSR count). The lowest BCUT2D eigenvalue weighted by Crippen LogP contribution is -2.28. The quantitative estimate of drug-likeness (QED) is 0.626. The van der Waals surface area contributed by atoms with E-state index in [2.05, 4.69) is 19.2 Å². The Hall–Kier alpha value is -0.120. The van der Waals surface area contributed by atoms with Gasteiger partial charge in [0, 0.05) is 25.2 Å². The zero-order chi connectivity index (χ0) is 10.9. The van der Waals surface area contributed by atoms with Gasteiger partial charge in [0.15, 0.2) is 0 Å². The molecule has 0 radical (unpaired) electrons. The molecule has 0 aromatic rings. The van der Waals surface area contributed by atoms with E-state index in [0.717, 1.165) is 39.4 Å². The highest BCUT2D eigenvalue weighted by atomic mass is 16.5. The Bertz CT molecular complexity index is 147. The Morgan fingerprint density at radius 2 is 2.40 bits per heavy atom. The van der Waals surface area contributed by atoms with Gasteiger partial charge in [0.1, 0.15) is 0 Å². The van der Waals surface area contributed by atoms with Crippen molar-refractivity contribution in [2.24, 2.45) is 5.92 Å². The summed E-state index contributed by atoms with van der Waals surface area (Å²) < 4.78 is 10.9. The fraction of sp³-hybridized carbons (Fsp3) is 1.00. The Kier molecular flexibility index (Phi) is 6.98. The van der Waals surface area contributed by atoms with Crippen LogP contribution in [0.3, 0.4) is 0 Å². The van der Waals surface area contributed by atoms with Crippen LogP contribution in [0.25, 0.3) is 0 Å². The Morgan fingerprint density at radius 1 is 1.53 bits per heavy atom. The summed E-state index contributed by atoms with van der Waals surface area (Å²) >= 11 is 0. The highest BCUT2D eigenvalue weighted by molar-refractivity contribution is 4.63. The smallest absolute Gasteiger partial charge is 0.0517 e. The van der Waals surface area contributed by atoms with Gasteiger partial charge < -0.3 is 14.8 Å². The molecule has 1 aliphatic rings. The molecule has 1 aliphatic heterocycles. The van der Waals surface area contributed by atoms with Crippen molar-refractivity contribution in [3.63, 3.8) is 0 Å². The van der Waals surface area contributed by atoms with Crippen LogP contribution in [0.4, 0.5) is 0 Å². The number of ether oxygens (including phenoxy) is 2. The molecule has 3 nitrogen and oxygen atoms in total. The second-order valence-corrected chi connectivity index (χ2v) is 4.45. The molecular weight excluding hydrogens is 190 g/mol. The maximum absolute atomic E-state index is 5.65. The molecule has 2 unspecified atom stereocenters. The molecule has 0 aromatic carbocycles. The molecule has 1 N–H and O–H groups in total. The average molecular weight is 215 g/mol. The van der Waals surface area contributed by atoms with Gasteiger partial charge in [-0.3, -0.25) is 0 Å². The standard InChI is InChI=1S/C12H25NO2/c1-3-6-13-11(2)4-7-14-9-12-5-8-15-10-12/h11-13H,3-10H2,1-2H3. The number of rotatable bonds is 8. The first-order valence-corrected chi connectivity index (χ1v) is 6.21. The highest BCUT2D eigenvalue weighted by Crippen LogP contribution is 2.12.